The maximum atomic E-state index is 13.5. The van der Waals surface area contributed by atoms with Crippen molar-refractivity contribution in [2.45, 2.75) is 44.6 Å². The first-order chi connectivity index (χ1) is 20.5. The lowest BCUT2D eigenvalue weighted by Gasteiger charge is -2.38. The smallest absolute Gasteiger partial charge is 0.416 e. The molecule has 234 valence electrons. The molecule has 1 atom stereocenters. The number of hydrogen-bond acceptors (Lipinski definition) is 3. The van der Waals surface area contributed by atoms with E-state index in [0.29, 0.717) is 5.56 Å². The molecule has 3 aromatic rings. The van der Waals surface area contributed by atoms with E-state index in [-0.39, 0.29) is 41.4 Å². The predicted octanol–water partition coefficient (Wildman–Crippen LogP) is 7.89. The van der Waals surface area contributed by atoms with E-state index < -0.39 is 47.2 Å². The number of ether oxygens (including phenoxy) is 1. The van der Waals surface area contributed by atoms with Gasteiger partial charge in [-0.1, -0.05) is 36.4 Å². The summed E-state index contributed by atoms with van der Waals surface area (Å²) in [5.41, 5.74) is -2.29. The molecule has 1 aliphatic rings. The van der Waals surface area contributed by atoms with Crippen LogP contribution in [-0.4, -0.2) is 23.9 Å². The first-order valence-corrected chi connectivity index (χ1v) is 12.9. The molecule has 44 heavy (non-hydrogen) atoms. The molecule has 4 rings (SSSR count). The van der Waals surface area contributed by atoms with Crippen LogP contribution in [0.4, 0.5) is 39.5 Å². The van der Waals surface area contributed by atoms with Crippen molar-refractivity contribution in [3.8, 4) is 0 Å². The molecule has 0 amide bonds. The highest BCUT2D eigenvalue weighted by Crippen LogP contribution is 2.37. The lowest BCUT2D eigenvalue weighted by molar-refractivity contribution is -0.138. The van der Waals surface area contributed by atoms with Gasteiger partial charge in [-0.15, -0.1) is 0 Å². The van der Waals surface area contributed by atoms with Gasteiger partial charge in [0.15, 0.2) is 5.96 Å². The van der Waals surface area contributed by atoms with E-state index in [2.05, 4.69) is 10.3 Å². The number of alkyl halides is 9. The number of carbonyl (C=O) groups excluding carboxylic acids is 1. The Hall–Kier alpha value is -4.49. The fourth-order valence-electron chi connectivity index (χ4n) is 4.63. The molecular weight excluding hydrogens is 605 g/mol. The lowest BCUT2D eigenvalue weighted by Crippen LogP contribution is -2.48. The minimum absolute atomic E-state index is 0.0144. The van der Waals surface area contributed by atoms with Crippen LogP contribution < -0.4 is 5.32 Å². The number of guanidine groups is 1. The number of benzene rings is 3. The molecule has 0 radical (unpaired) electrons. The fourth-order valence-corrected chi connectivity index (χ4v) is 4.63. The zero-order chi connectivity index (χ0) is 32.4. The molecule has 1 N–H and O–H groups in total. The third kappa shape index (κ3) is 7.34. The highest BCUT2D eigenvalue weighted by atomic mass is 19.4. The summed E-state index contributed by atoms with van der Waals surface area (Å²) in [4.78, 5) is 18.8. The summed E-state index contributed by atoms with van der Waals surface area (Å²) in [6, 6.07) is 11.4. The monoisotopic (exact) mass is 629 g/mol. The molecule has 0 aromatic heterocycles. The van der Waals surface area contributed by atoms with E-state index in [1.54, 1.807) is 0 Å². The number of methoxy groups -OCH3 is 1. The number of rotatable bonds is 6. The Morgan fingerprint density at radius 1 is 0.795 bits per heavy atom. The molecule has 0 spiro atoms. The van der Waals surface area contributed by atoms with Crippen molar-refractivity contribution in [1.29, 1.82) is 0 Å². The molecule has 3 aromatic carbocycles. The van der Waals surface area contributed by atoms with Crippen molar-refractivity contribution >= 4 is 11.9 Å². The molecule has 1 aliphatic heterocycles. The number of carbonyl (C=O) groups is 1. The number of nitrogens with zero attached hydrogens (tertiary/aromatic N) is 2. The second-order valence-electron chi connectivity index (χ2n) is 9.81. The summed E-state index contributed by atoms with van der Waals surface area (Å²) < 4.78 is 125. The van der Waals surface area contributed by atoms with Gasteiger partial charge < -0.3 is 15.0 Å². The first kappa shape index (κ1) is 32.4. The number of esters is 1. The first-order valence-electron chi connectivity index (χ1n) is 12.9. The Morgan fingerprint density at radius 3 is 1.93 bits per heavy atom. The normalized spacial score (nSPS) is 17.1. The number of hydrogen-bond donors (Lipinski definition) is 1. The van der Waals surface area contributed by atoms with Crippen LogP contribution in [0.3, 0.4) is 0 Å². The summed E-state index contributed by atoms with van der Waals surface area (Å²) in [6.07, 6.45) is -13.9. The van der Waals surface area contributed by atoms with Crippen molar-refractivity contribution in [3.63, 3.8) is 0 Å². The summed E-state index contributed by atoms with van der Waals surface area (Å²) in [6.45, 7) is 0.967. The van der Waals surface area contributed by atoms with Crippen molar-refractivity contribution in [2.75, 3.05) is 7.11 Å². The van der Waals surface area contributed by atoms with Gasteiger partial charge in [-0.05, 0) is 60.0 Å². The van der Waals surface area contributed by atoms with E-state index >= 15 is 0 Å². The van der Waals surface area contributed by atoms with Gasteiger partial charge in [0.05, 0.1) is 48.5 Å². The lowest BCUT2D eigenvalue weighted by atomic mass is 9.93. The van der Waals surface area contributed by atoms with Gasteiger partial charge in [0.1, 0.15) is 0 Å². The predicted molar refractivity (Wildman–Crippen MR) is 142 cm³/mol. The summed E-state index contributed by atoms with van der Waals surface area (Å²) in [5, 5.41) is 2.91. The molecule has 0 saturated heterocycles. The molecule has 14 heteroatoms. The number of halogens is 9. The molecular formula is C30H24F9N3O2. The van der Waals surface area contributed by atoms with E-state index in [9.17, 15) is 44.3 Å². The topological polar surface area (TPSA) is 53.9 Å². The van der Waals surface area contributed by atoms with Gasteiger partial charge in [-0.2, -0.15) is 39.5 Å². The van der Waals surface area contributed by atoms with Crippen molar-refractivity contribution in [1.82, 2.24) is 10.2 Å². The van der Waals surface area contributed by atoms with Crippen LogP contribution in [0.1, 0.15) is 46.3 Å². The standard InChI is InChI=1S/C30H24F9N3O2/c1-17-24(26(43)44-2)25(20-6-4-8-23(14-20)30(37,38)39)41-27(40-15-18-9-11-21(12-10-18)28(31,32)33)42(17)16-19-5-3-7-22(13-19)29(34,35)36/h3-14,25H,15-16H2,1-2H3,(H,40,41). The Kier molecular flexibility index (Phi) is 9.03. The van der Waals surface area contributed by atoms with Crippen LogP contribution in [0.5, 0.6) is 0 Å². The second kappa shape index (κ2) is 12.2. The maximum absolute atomic E-state index is 13.5. The van der Waals surface area contributed by atoms with Crippen molar-refractivity contribution < 1.29 is 49.0 Å². The van der Waals surface area contributed by atoms with Gasteiger partial charge in [0.2, 0.25) is 0 Å². The molecule has 0 fully saturated rings. The summed E-state index contributed by atoms with van der Waals surface area (Å²) >= 11 is 0. The quantitative estimate of drug-likeness (QED) is 0.223. The highest BCUT2D eigenvalue weighted by Gasteiger charge is 2.38. The van der Waals surface area contributed by atoms with Crippen LogP contribution in [0.2, 0.25) is 0 Å². The SMILES string of the molecule is COC(=O)C1=C(C)N(Cc2cccc(C(F)(F)F)c2)C(=NCc2ccc(C(F)(F)F)cc2)NC1c1cccc(C(F)(F)F)c1. The van der Waals surface area contributed by atoms with Crippen LogP contribution in [-0.2, 0) is 41.1 Å². The average Bonchev–Trinajstić information content (AvgIpc) is 2.96. The van der Waals surface area contributed by atoms with Crippen LogP contribution in [0.15, 0.2) is 89.1 Å². The Balaban J connectivity index is 1.83. The minimum Gasteiger partial charge on any atom is -0.466 e. The third-order valence-electron chi connectivity index (χ3n) is 6.85. The Labute approximate surface area is 245 Å². The number of nitrogens with one attached hydrogen (secondary N) is 1. The van der Waals surface area contributed by atoms with Crippen LogP contribution in [0.25, 0.3) is 0 Å². The zero-order valence-corrected chi connectivity index (χ0v) is 23.0. The molecule has 0 bridgehead atoms. The van der Waals surface area contributed by atoms with Crippen molar-refractivity contribution in [2.24, 2.45) is 4.99 Å². The van der Waals surface area contributed by atoms with Gasteiger partial charge in [-0.3, -0.25) is 0 Å². The van der Waals surface area contributed by atoms with Gasteiger partial charge in [-0.25, -0.2) is 9.79 Å². The molecule has 0 saturated carbocycles. The number of aliphatic imine (C=N–C) groups is 1. The maximum Gasteiger partial charge on any atom is 0.416 e. The zero-order valence-electron chi connectivity index (χ0n) is 23.0. The molecule has 5 nitrogen and oxygen atoms in total. The molecule has 1 heterocycles. The van der Waals surface area contributed by atoms with Gasteiger partial charge in [0.25, 0.3) is 0 Å². The van der Waals surface area contributed by atoms with Crippen LogP contribution in [0, 0.1) is 0 Å². The van der Waals surface area contributed by atoms with E-state index in [1.807, 2.05) is 0 Å². The Morgan fingerprint density at radius 2 is 1.36 bits per heavy atom. The molecule has 1 unspecified atom stereocenters. The van der Waals surface area contributed by atoms with Crippen LogP contribution >= 0.6 is 0 Å². The van der Waals surface area contributed by atoms with E-state index in [4.69, 9.17) is 4.74 Å². The van der Waals surface area contributed by atoms with Crippen molar-refractivity contribution in [3.05, 3.63) is 117 Å². The Bertz CT molecular complexity index is 1570. The highest BCUT2D eigenvalue weighted by molar-refractivity contribution is 5.96. The second-order valence-corrected chi connectivity index (χ2v) is 9.81. The summed E-state index contributed by atoms with van der Waals surface area (Å²) in [7, 11) is 1.07. The largest absolute Gasteiger partial charge is 0.466 e. The average molecular weight is 630 g/mol. The van der Waals surface area contributed by atoms with Gasteiger partial charge >= 0.3 is 24.5 Å². The van der Waals surface area contributed by atoms with Gasteiger partial charge in [0, 0.05) is 5.70 Å². The molecule has 0 aliphatic carbocycles. The minimum atomic E-state index is -4.70. The third-order valence-corrected chi connectivity index (χ3v) is 6.85. The fraction of sp³-hybridized carbons (Fsp3) is 0.267. The summed E-state index contributed by atoms with van der Waals surface area (Å²) in [5.74, 6) is -0.955. The number of allylic oxidation sites excluding steroid dienone is 1. The van der Waals surface area contributed by atoms with E-state index in [1.165, 1.54) is 42.2 Å². The van der Waals surface area contributed by atoms with E-state index in [0.717, 1.165) is 49.6 Å².